The average molecular weight is 767 g/mol. The van der Waals surface area contributed by atoms with E-state index in [0.717, 1.165) is 17.0 Å². The Morgan fingerprint density at radius 2 is 1.11 bits per heavy atom. The molecule has 0 spiro atoms. The van der Waals surface area contributed by atoms with Crippen molar-refractivity contribution in [3.8, 4) is 16.8 Å². The second-order valence-corrected chi connectivity index (χ2v) is 16.8. The van der Waals surface area contributed by atoms with Crippen LogP contribution >= 0.6 is 22.7 Å². The van der Waals surface area contributed by atoms with E-state index in [1.165, 1.54) is 84.5 Å². The minimum absolute atomic E-state index is 0.129. The van der Waals surface area contributed by atoms with E-state index in [9.17, 15) is 0 Å². The first-order valence-corrected chi connectivity index (χ1v) is 21.0. The van der Waals surface area contributed by atoms with Gasteiger partial charge in [0.15, 0.2) is 0 Å². The third kappa shape index (κ3) is 5.19. The van der Waals surface area contributed by atoms with Crippen LogP contribution in [0.15, 0.2) is 187 Å². The summed E-state index contributed by atoms with van der Waals surface area (Å²) in [6, 6.07) is 65.9. The number of fused-ring (bicyclic) bond motifs is 9. The quantitative estimate of drug-likeness (QED) is 0.183. The van der Waals surface area contributed by atoms with Crippen LogP contribution < -0.4 is 10.6 Å². The Labute approximate surface area is 337 Å². The van der Waals surface area contributed by atoms with E-state index in [0.29, 0.717) is 0 Å². The molecule has 0 radical (unpaired) electrons. The van der Waals surface area contributed by atoms with Crippen LogP contribution in [0.4, 0.5) is 0 Å². The first-order chi connectivity index (χ1) is 28.3. The molecule has 0 saturated heterocycles. The second-order valence-electron chi connectivity index (χ2n) is 14.7. The zero-order chi connectivity index (χ0) is 37.5. The van der Waals surface area contributed by atoms with E-state index in [1.807, 2.05) is 22.7 Å². The molecular weight excluding hydrogens is 733 g/mol. The minimum atomic E-state index is -0.179. The number of amidine groups is 1. The first-order valence-electron chi connectivity index (χ1n) is 19.4. The Morgan fingerprint density at radius 3 is 1.88 bits per heavy atom. The summed E-state index contributed by atoms with van der Waals surface area (Å²) >= 11 is 3.78. The van der Waals surface area contributed by atoms with Crippen LogP contribution in [-0.4, -0.2) is 10.4 Å². The highest BCUT2D eigenvalue weighted by molar-refractivity contribution is 7.27. The normalized spacial score (nSPS) is 15.9. The van der Waals surface area contributed by atoms with E-state index >= 15 is 0 Å². The van der Waals surface area contributed by atoms with Crippen LogP contribution in [0.5, 0.6) is 0 Å². The van der Waals surface area contributed by atoms with Gasteiger partial charge in [-0.25, -0.2) is 4.99 Å². The van der Waals surface area contributed by atoms with Gasteiger partial charge >= 0.3 is 0 Å². The molecule has 2 atom stereocenters. The van der Waals surface area contributed by atoms with Crippen molar-refractivity contribution < 1.29 is 0 Å². The molecule has 0 amide bonds. The number of aromatic nitrogens is 1. The highest BCUT2D eigenvalue weighted by Crippen LogP contribution is 2.46. The van der Waals surface area contributed by atoms with Crippen LogP contribution in [-0.2, 0) is 0 Å². The molecule has 4 nitrogen and oxygen atoms in total. The Kier molecular flexibility index (Phi) is 7.45. The van der Waals surface area contributed by atoms with Gasteiger partial charge in [-0.1, -0.05) is 152 Å². The summed E-state index contributed by atoms with van der Waals surface area (Å²) in [6.45, 7) is 0. The fourth-order valence-electron chi connectivity index (χ4n) is 8.87. The molecule has 12 rings (SSSR count). The lowest BCUT2D eigenvalue weighted by molar-refractivity contribution is 0.411. The van der Waals surface area contributed by atoms with Crippen LogP contribution in [0.1, 0.15) is 29.0 Å². The number of hydrogen-bond donors (Lipinski definition) is 2. The smallest absolute Gasteiger partial charge is 0.131 e. The van der Waals surface area contributed by atoms with Crippen molar-refractivity contribution in [1.82, 2.24) is 15.2 Å². The van der Waals surface area contributed by atoms with Crippen molar-refractivity contribution in [2.45, 2.75) is 12.3 Å². The molecule has 0 fully saturated rings. The second kappa shape index (κ2) is 13.0. The molecule has 3 aromatic heterocycles. The largest absolute Gasteiger partial charge is 0.350 e. The van der Waals surface area contributed by atoms with E-state index in [2.05, 4.69) is 197 Å². The fourth-order valence-corrected chi connectivity index (χ4v) is 11.4. The molecule has 0 aliphatic carbocycles. The predicted octanol–water partition coefficient (Wildman–Crippen LogP) is 13.5. The Hall–Kier alpha value is -6.57. The number of nitrogens with zero attached hydrogens (tertiary/aromatic N) is 2. The summed E-state index contributed by atoms with van der Waals surface area (Å²) in [6.07, 6.45) is -0.309. The van der Waals surface area contributed by atoms with Gasteiger partial charge in [0.1, 0.15) is 18.2 Å². The number of benzene rings is 8. The third-order valence-electron chi connectivity index (χ3n) is 11.5. The van der Waals surface area contributed by atoms with E-state index < -0.39 is 0 Å². The molecule has 0 saturated carbocycles. The number of nitrogens with one attached hydrogen (secondary N) is 2. The highest BCUT2D eigenvalue weighted by Gasteiger charge is 2.27. The van der Waals surface area contributed by atoms with Crippen LogP contribution in [0.2, 0.25) is 0 Å². The van der Waals surface area contributed by atoms with Crippen molar-refractivity contribution in [1.29, 1.82) is 0 Å². The summed E-state index contributed by atoms with van der Waals surface area (Å²) in [7, 11) is 0. The number of para-hydroxylation sites is 2. The van der Waals surface area contributed by atoms with Gasteiger partial charge in [-0.2, -0.15) is 0 Å². The molecular formula is C51H34N4S2. The van der Waals surface area contributed by atoms with Gasteiger partial charge in [0.25, 0.3) is 0 Å². The van der Waals surface area contributed by atoms with Crippen LogP contribution in [0.3, 0.4) is 0 Å². The highest BCUT2D eigenvalue weighted by atomic mass is 32.1. The maximum Gasteiger partial charge on any atom is 0.131 e. The van der Waals surface area contributed by atoms with Gasteiger partial charge in [0.05, 0.1) is 21.4 Å². The molecule has 1 aliphatic rings. The van der Waals surface area contributed by atoms with Crippen molar-refractivity contribution in [2.75, 3.05) is 0 Å². The molecule has 11 aromatic rings. The number of aliphatic imine (C=N–C) groups is 1. The molecule has 8 aromatic carbocycles. The molecule has 4 heterocycles. The van der Waals surface area contributed by atoms with Gasteiger partial charge in [0.2, 0.25) is 0 Å². The lowest BCUT2D eigenvalue weighted by Gasteiger charge is -2.32. The van der Waals surface area contributed by atoms with Gasteiger partial charge in [-0.15, -0.1) is 22.7 Å². The molecule has 57 heavy (non-hydrogen) atoms. The lowest BCUT2D eigenvalue weighted by Crippen LogP contribution is -2.45. The topological polar surface area (TPSA) is 41.4 Å². The molecule has 2 unspecified atom stereocenters. The van der Waals surface area contributed by atoms with Gasteiger partial charge in [-0.05, 0) is 47.0 Å². The minimum Gasteiger partial charge on any atom is -0.350 e. The first kappa shape index (κ1) is 32.7. The molecule has 270 valence electrons. The van der Waals surface area contributed by atoms with Crippen LogP contribution in [0.25, 0.3) is 79.0 Å². The van der Waals surface area contributed by atoms with Crippen molar-refractivity contribution in [2.24, 2.45) is 4.99 Å². The molecule has 6 heteroatoms. The van der Waals surface area contributed by atoms with E-state index in [4.69, 9.17) is 4.99 Å². The number of rotatable bonds is 5. The van der Waals surface area contributed by atoms with Crippen molar-refractivity contribution >= 4 is 90.7 Å². The van der Waals surface area contributed by atoms with E-state index in [1.54, 1.807) is 0 Å². The van der Waals surface area contributed by atoms with Gasteiger partial charge in [0, 0.05) is 57.5 Å². The summed E-state index contributed by atoms with van der Waals surface area (Å²) < 4.78 is 7.64. The monoisotopic (exact) mass is 766 g/mol. The summed E-state index contributed by atoms with van der Waals surface area (Å²) in [5.74, 6) is 0.895. The zero-order valence-corrected chi connectivity index (χ0v) is 32.3. The zero-order valence-electron chi connectivity index (χ0n) is 30.7. The van der Waals surface area contributed by atoms with Crippen LogP contribution in [0, 0.1) is 0 Å². The lowest BCUT2D eigenvalue weighted by atomic mass is 9.99. The Morgan fingerprint density at radius 1 is 0.474 bits per heavy atom. The predicted molar refractivity (Wildman–Crippen MR) is 243 cm³/mol. The third-order valence-corrected chi connectivity index (χ3v) is 14.0. The standard InChI is InChI=1S/C51H34N4S2/c1-3-14-31(15-4-1)49-52-50(32-16-5-2-6-17-32)54-51(53-49)40-24-12-22-39-41-30-33(28-29-45(41)56-47(39)40)34-20-11-21-37-38-23-13-27-44(48(38)57-46(34)37)55-42-25-9-7-18-35(42)36-19-8-10-26-43(36)55/h1-30,49,51,53H,(H,52,54). The summed E-state index contributed by atoms with van der Waals surface area (Å²) in [4.78, 5) is 5.15. The van der Waals surface area contributed by atoms with Gasteiger partial charge in [-0.3, -0.25) is 5.32 Å². The van der Waals surface area contributed by atoms with E-state index in [-0.39, 0.29) is 12.3 Å². The SMILES string of the molecule is c1ccc(C2=NC(c3ccccc3)NC(c3cccc4c3sc3ccc(-c5cccc6c5sc5c(-n7c8ccccc8c8ccccc87)cccc56)cc34)N2)cc1. The Balaban J connectivity index is 0.984. The Bertz CT molecular complexity index is 3320. The number of thiophene rings is 2. The van der Waals surface area contributed by atoms with Gasteiger partial charge < -0.3 is 9.88 Å². The fraction of sp³-hybridized carbons (Fsp3) is 0.0392. The number of hydrogen-bond acceptors (Lipinski definition) is 5. The summed E-state index contributed by atoms with van der Waals surface area (Å²) in [5.41, 5.74) is 9.64. The van der Waals surface area contributed by atoms with Crippen molar-refractivity contribution in [3.05, 3.63) is 199 Å². The molecule has 0 bridgehead atoms. The molecule has 2 N–H and O–H groups in total. The average Bonchev–Trinajstić information content (AvgIpc) is 3.96. The molecule has 1 aliphatic heterocycles. The maximum atomic E-state index is 5.15. The maximum absolute atomic E-state index is 5.15. The summed E-state index contributed by atoms with van der Waals surface area (Å²) in [5, 5.41) is 15.3. The van der Waals surface area contributed by atoms with Crippen molar-refractivity contribution in [3.63, 3.8) is 0 Å².